The fraction of sp³-hybridized carbons (Fsp3) is 0.619. The molecule has 1 aromatic rings. The summed E-state index contributed by atoms with van der Waals surface area (Å²) in [4.78, 5) is 27.4. The van der Waals surface area contributed by atoms with Crippen molar-refractivity contribution < 1.29 is 19.4 Å². The van der Waals surface area contributed by atoms with Gasteiger partial charge in [0.25, 0.3) is 0 Å². The number of methoxy groups -OCH3 is 1. The number of carbonyl (C=O) groups is 2. The Balaban J connectivity index is 1.63. The van der Waals surface area contributed by atoms with Gasteiger partial charge in [-0.05, 0) is 62.9 Å². The van der Waals surface area contributed by atoms with Gasteiger partial charge in [-0.3, -0.25) is 0 Å². The number of hydrogen-bond donors (Lipinski definition) is 2. The van der Waals surface area contributed by atoms with Crippen molar-refractivity contribution in [1.29, 1.82) is 0 Å². The van der Waals surface area contributed by atoms with Crippen molar-refractivity contribution in [2.45, 2.75) is 32.2 Å². The molecule has 1 saturated heterocycles. The van der Waals surface area contributed by atoms with E-state index in [1.165, 1.54) is 12.8 Å². The van der Waals surface area contributed by atoms with E-state index in [1.54, 1.807) is 31.4 Å². The van der Waals surface area contributed by atoms with Crippen LogP contribution >= 0.6 is 0 Å². The fourth-order valence-corrected chi connectivity index (χ4v) is 3.49. The zero-order valence-electron chi connectivity index (χ0n) is 17.0. The van der Waals surface area contributed by atoms with E-state index in [1.807, 2.05) is 4.90 Å². The summed E-state index contributed by atoms with van der Waals surface area (Å²) >= 11 is 0. The average Bonchev–Trinajstić information content (AvgIpc) is 2.71. The lowest BCUT2D eigenvalue weighted by atomic mass is 9.92. The van der Waals surface area contributed by atoms with Crippen molar-refractivity contribution in [2.75, 3.05) is 46.9 Å². The number of urea groups is 1. The number of likely N-dealkylation sites (N-methyl/N-ethyl adjacent to an activating group) is 1. The third-order valence-corrected chi connectivity index (χ3v) is 5.38. The topological polar surface area (TPSA) is 82.1 Å². The zero-order chi connectivity index (χ0) is 20.4. The van der Waals surface area contributed by atoms with E-state index in [-0.39, 0.29) is 11.6 Å². The third-order valence-electron chi connectivity index (χ3n) is 5.38. The molecular weight excluding hydrogens is 358 g/mol. The maximum absolute atomic E-state index is 12.4. The minimum atomic E-state index is -0.944. The summed E-state index contributed by atoms with van der Waals surface area (Å²) in [5.74, 6) is -0.247. The van der Waals surface area contributed by atoms with E-state index in [0.29, 0.717) is 12.5 Å². The van der Waals surface area contributed by atoms with E-state index < -0.39 is 5.97 Å². The second kappa shape index (κ2) is 11.7. The summed E-state index contributed by atoms with van der Waals surface area (Å²) < 4.78 is 5.10. The molecule has 1 aromatic carbocycles. The van der Waals surface area contributed by atoms with Crippen molar-refractivity contribution >= 4 is 12.0 Å². The Morgan fingerprint density at radius 2 is 1.89 bits per heavy atom. The first-order valence-electron chi connectivity index (χ1n) is 10.0. The Morgan fingerprint density at radius 1 is 1.21 bits per heavy atom. The number of amides is 2. The van der Waals surface area contributed by atoms with Crippen molar-refractivity contribution in [1.82, 2.24) is 15.1 Å². The molecule has 7 nitrogen and oxygen atoms in total. The van der Waals surface area contributed by atoms with Crippen LogP contribution in [0.2, 0.25) is 0 Å². The van der Waals surface area contributed by atoms with Gasteiger partial charge < -0.3 is 25.0 Å². The van der Waals surface area contributed by atoms with E-state index in [4.69, 9.17) is 9.84 Å². The highest BCUT2D eigenvalue weighted by Crippen LogP contribution is 2.22. The molecule has 7 heteroatoms. The first-order chi connectivity index (χ1) is 13.5. The second-order valence-corrected chi connectivity index (χ2v) is 7.53. The monoisotopic (exact) mass is 391 g/mol. The lowest BCUT2D eigenvalue weighted by molar-refractivity contribution is 0.0697. The molecule has 1 aliphatic rings. The maximum Gasteiger partial charge on any atom is 0.335 e. The van der Waals surface area contributed by atoms with Crippen molar-refractivity contribution in [3.63, 3.8) is 0 Å². The van der Waals surface area contributed by atoms with Crippen LogP contribution in [0, 0.1) is 5.92 Å². The Bertz CT molecular complexity index is 613. The Hall–Kier alpha value is -2.12. The number of carbonyl (C=O) groups excluding carboxylic acids is 1. The number of ether oxygens (including phenoxy) is 1. The van der Waals surface area contributed by atoms with E-state index in [0.717, 1.165) is 51.2 Å². The Kier molecular flexibility index (Phi) is 9.23. The number of aromatic carboxylic acids is 1. The molecule has 2 rings (SSSR count). The standard InChI is InChI=1S/C21H33N3O4/c1-23(14-15-28-2)11-3-4-17-9-12-24(13-10-17)21(27)22-16-18-5-7-19(8-6-18)20(25)26/h5-8,17H,3-4,9-16H2,1-2H3,(H,22,27)(H,25,26). The highest BCUT2D eigenvalue weighted by atomic mass is 16.5. The van der Waals surface area contributed by atoms with Gasteiger partial charge in [-0.25, -0.2) is 9.59 Å². The van der Waals surface area contributed by atoms with Gasteiger partial charge in [0.15, 0.2) is 0 Å². The van der Waals surface area contributed by atoms with Crippen molar-refractivity contribution in [3.05, 3.63) is 35.4 Å². The number of piperidine rings is 1. The van der Waals surface area contributed by atoms with E-state index in [2.05, 4.69) is 17.3 Å². The smallest absolute Gasteiger partial charge is 0.335 e. The van der Waals surface area contributed by atoms with Crippen LogP contribution in [0.5, 0.6) is 0 Å². The van der Waals surface area contributed by atoms with Crippen molar-refractivity contribution in [2.24, 2.45) is 5.92 Å². The summed E-state index contributed by atoms with van der Waals surface area (Å²) in [6.07, 6.45) is 4.51. The second-order valence-electron chi connectivity index (χ2n) is 7.53. The largest absolute Gasteiger partial charge is 0.478 e. The predicted octanol–water partition coefficient (Wildman–Crippen LogP) is 2.66. The van der Waals surface area contributed by atoms with Gasteiger partial charge in [-0.1, -0.05) is 12.1 Å². The zero-order valence-corrected chi connectivity index (χ0v) is 17.0. The highest BCUT2D eigenvalue weighted by molar-refractivity contribution is 5.87. The van der Waals surface area contributed by atoms with Gasteiger partial charge in [-0.2, -0.15) is 0 Å². The molecule has 2 N–H and O–H groups in total. The van der Waals surface area contributed by atoms with E-state index >= 15 is 0 Å². The number of benzene rings is 1. The third kappa shape index (κ3) is 7.48. The molecule has 0 spiro atoms. The van der Waals surface area contributed by atoms with Crippen LogP contribution in [-0.2, 0) is 11.3 Å². The first kappa shape index (κ1) is 22.2. The number of likely N-dealkylation sites (tertiary alicyclic amines) is 1. The molecule has 0 atom stereocenters. The Morgan fingerprint density at radius 3 is 2.50 bits per heavy atom. The van der Waals surface area contributed by atoms with E-state index in [9.17, 15) is 9.59 Å². The molecule has 1 fully saturated rings. The molecular formula is C21H33N3O4. The van der Waals surface area contributed by atoms with Crippen LogP contribution in [0.1, 0.15) is 41.6 Å². The lowest BCUT2D eigenvalue weighted by Gasteiger charge is -2.32. The first-order valence-corrected chi connectivity index (χ1v) is 10.0. The molecule has 0 saturated carbocycles. The summed E-state index contributed by atoms with van der Waals surface area (Å²) in [7, 11) is 3.86. The van der Waals surface area contributed by atoms with Gasteiger partial charge in [-0.15, -0.1) is 0 Å². The van der Waals surface area contributed by atoms with Gasteiger partial charge in [0, 0.05) is 33.3 Å². The molecule has 0 unspecified atom stereocenters. The minimum absolute atomic E-state index is 0.0416. The van der Waals surface area contributed by atoms with Gasteiger partial charge in [0.2, 0.25) is 0 Å². The number of hydrogen-bond acceptors (Lipinski definition) is 4. The van der Waals surface area contributed by atoms with Crippen LogP contribution < -0.4 is 5.32 Å². The Labute approximate surface area is 167 Å². The lowest BCUT2D eigenvalue weighted by Crippen LogP contribution is -2.44. The van der Waals surface area contributed by atoms with Gasteiger partial charge in [0.1, 0.15) is 0 Å². The summed E-state index contributed by atoms with van der Waals surface area (Å²) in [6, 6.07) is 6.54. The summed E-state index contributed by atoms with van der Waals surface area (Å²) in [5.41, 5.74) is 1.15. The number of nitrogens with zero attached hydrogens (tertiary/aromatic N) is 2. The normalized spacial score (nSPS) is 15.0. The fourth-order valence-electron chi connectivity index (χ4n) is 3.49. The number of carboxylic acids is 1. The van der Waals surface area contributed by atoms with Crippen LogP contribution in [0.4, 0.5) is 4.79 Å². The SMILES string of the molecule is COCCN(C)CCCC1CCN(C(=O)NCc2ccc(C(=O)O)cc2)CC1. The van der Waals surface area contributed by atoms with Crippen LogP contribution in [-0.4, -0.2) is 73.9 Å². The quantitative estimate of drug-likeness (QED) is 0.641. The predicted molar refractivity (Wildman–Crippen MR) is 109 cm³/mol. The molecule has 0 bridgehead atoms. The van der Waals surface area contributed by atoms with Gasteiger partial charge >= 0.3 is 12.0 Å². The van der Waals surface area contributed by atoms with Crippen molar-refractivity contribution in [3.8, 4) is 0 Å². The van der Waals surface area contributed by atoms with Gasteiger partial charge in [0.05, 0.1) is 12.2 Å². The molecule has 0 aliphatic carbocycles. The molecule has 0 radical (unpaired) electrons. The van der Waals surface area contributed by atoms with Crippen LogP contribution in [0.15, 0.2) is 24.3 Å². The molecule has 1 aliphatic heterocycles. The number of carboxylic acid groups (broad SMARTS) is 1. The maximum atomic E-state index is 12.4. The average molecular weight is 392 g/mol. The summed E-state index contributed by atoms with van der Waals surface area (Å²) in [6.45, 7) is 4.83. The summed E-state index contributed by atoms with van der Waals surface area (Å²) in [5, 5.41) is 11.8. The molecule has 1 heterocycles. The molecule has 28 heavy (non-hydrogen) atoms. The number of nitrogens with one attached hydrogen (secondary N) is 1. The molecule has 0 aromatic heterocycles. The highest BCUT2D eigenvalue weighted by Gasteiger charge is 2.22. The van der Waals surface area contributed by atoms with Crippen LogP contribution in [0.3, 0.4) is 0 Å². The van der Waals surface area contributed by atoms with Crippen LogP contribution in [0.25, 0.3) is 0 Å². The number of rotatable bonds is 10. The molecule has 2 amide bonds. The molecule has 156 valence electrons. The minimum Gasteiger partial charge on any atom is -0.478 e.